The van der Waals surface area contributed by atoms with Crippen molar-refractivity contribution in [3.05, 3.63) is 54.1 Å². The van der Waals surface area contributed by atoms with E-state index in [0.29, 0.717) is 22.7 Å². The predicted molar refractivity (Wildman–Crippen MR) is 102 cm³/mol. The zero-order valence-corrected chi connectivity index (χ0v) is 15.7. The lowest BCUT2D eigenvalue weighted by atomic mass is 10.1. The standard InChI is InChI=1S/C21H21NO6/c1-14(21(25)15-7-9-16(26-2)10-8-15)28-20(24)11-12-22-17-5-3-4-6-18(17)27-13-19(22)23/h3-10,14H,11-13H2,1-2H3/t14-/m1/s1. The molecule has 1 aliphatic rings. The van der Waals surface area contributed by atoms with Crippen LogP contribution in [0.5, 0.6) is 11.5 Å². The Morgan fingerprint density at radius 2 is 1.86 bits per heavy atom. The molecule has 1 heterocycles. The third-order valence-electron chi connectivity index (χ3n) is 4.40. The minimum atomic E-state index is -0.923. The molecule has 0 radical (unpaired) electrons. The molecule has 0 saturated heterocycles. The summed E-state index contributed by atoms with van der Waals surface area (Å²) in [6.45, 7) is 1.61. The van der Waals surface area contributed by atoms with E-state index in [0.717, 1.165) is 0 Å². The molecule has 0 N–H and O–H groups in total. The minimum absolute atomic E-state index is 0.0275. The molecule has 0 bridgehead atoms. The first-order valence-electron chi connectivity index (χ1n) is 8.89. The van der Waals surface area contributed by atoms with Gasteiger partial charge in [0.25, 0.3) is 5.91 Å². The zero-order chi connectivity index (χ0) is 20.1. The number of ketones is 1. The van der Waals surface area contributed by atoms with Crippen LogP contribution in [-0.2, 0) is 14.3 Å². The Balaban J connectivity index is 1.56. The topological polar surface area (TPSA) is 82.1 Å². The van der Waals surface area contributed by atoms with Gasteiger partial charge in [0.1, 0.15) is 11.5 Å². The first-order chi connectivity index (χ1) is 13.5. The summed E-state index contributed by atoms with van der Waals surface area (Å²) in [5.41, 5.74) is 1.05. The number of fused-ring (bicyclic) bond motifs is 1. The first-order valence-corrected chi connectivity index (χ1v) is 8.89. The number of nitrogens with zero attached hydrogens (tertiary/aromatic N) is 1. The number of Topliss-reactive ketones (excluding diaryl/α,β-unsaturated/α-hetero) is 1. The maximum absolute atomic E-state index is 12.4. The van der Waals surface area contributed by atoms with Gasteiger partial charge in [0.15, 0.2) is 12.7 Å². The monoisotopic (exact) mass is 383 g/mol. The number of amides is 1. The number of carbonyl (C=O) groups excluding carboxylic acids is 3. The van der Waals surface area contributed by atoms with Gasteiger partial charge in [0.2, 0.25) is 5.78 Å². The maximum atomic E-state index is 12.4. The van der Waals surface area contributed by atoms with Crippen LogP contribution < -0.4 is 14.4 Å². The number of benzene rings is 2. The molecule has 0 unspecified atom stereocenters. The van der Waals surface area contributed by atoms with Gasteiger partial charge in [-0.2, -0.15) is 0 Å². The van der Waals surface area contributed by atoms with Crippen LogP contribution in [0.15, 0.2) is 48.5 Å². The molecule has 0 saturated carbocycles. The number of rotatable bonds is 7. The van der Waals surface area contributed by atoms with E-state index in [-0.39, 0.29) is 31.3 Å². The van der Waals surface area contributed by atoms with Crippen molar-refractivity contribution >= 4 is 23.3 Å². The molecule has 0 fully saturated rings. The Labute approximate surface area is 162 Å². The number of para-hydroxylation sites is 2. The normalized spacial score (nSPS) is 13.9. The molecule has 7 nitrogen and oxygen atoms in total. The Hall–Kier alpha value is -3.35. The van der Waals surface area contributed by atoms with Gasteiger partial charge in [0, 0.05) is 12.1 Å². The highest BCUT2D eigenvalue weighted by Gasteiger charge is 2.26. The third kappa shape index (κ3) is 4.31. The van der Waals surface area contributed by atoms with E-state index in [1.807, 2.05) is 6.07 Å². The summed E-state index contributed by atoms with van der Waals surface area (Å²) < 4.78 is 15.7. The number of methoxy groups -OCH3 is 1. The van der Waals surface area contributed by atoms with E-state index in [9.17, 15) is 14.4 Å². The summed E-state index contributed by atoms with van der Waals surface area (Å²) in [5.74, 6) is 0.152. The van der Waals surface area contributed by atoms with Crippen molar-refractivity contribution in [1.29, 1.82) is 0 Å². The van der Waals surface area contributed by atoms with Crippen molar-refractivity contribution in [1.82, 2.24) is 0 Å². The molecule has 3 rings (SSSR count). The van der Waals surface area contributed by atoms with Crippen LogP contribution in [0.2, 0.25) is 0 Å². The number of anilines is 1. The Bertz CT molecular complexity index is 877. The zero-order valence-electron chi connectivity index (χ0n) is 15.7. The van der Waals surface area contributed by atoms with Crippen molar-refractivity contribution in [2.45, 2.75) is 19.4 Å². The molecule has 1 atom stereocenters. The number of carbonyl (C=O) groups is 3. The van der Waals surface area contributed by atoms with E-state index < -0.39 is 12.1 Å². The fraction of sp³-hybridized carbons (Fsp3) is 0.286. The molecule has 0 aliphatic carbocycles. The quantitative estimate of drug-likeness (QED) is 0.540. The van der Waals surface area contributed by atoms with E-state index in [1.54, 1.807) is 49.6 Å². The molecule has 2 aromatic carbocycles. The van der Waals surface area contributed by atoms with Gasteiger partial charge in [-0.3, -0.25) is 14.4 Å². The Kier molecular flexibility index (Phi) is 5.93. The number of ether oxygens (including phenoxy) is 3. The van der Waals surface area contributed by atoms with Gasteiger partial charge in [-0.05, 0) is 43.3 Å². The molecule has 2 aromatic rings. The second-order valence-corrected chi connectivity index (χ2v) is 6.28. The van der Waals surface area contributed by atoms with Crippen molar-refractivity contribution in [3.63, 3.8) is 0 Å². The van der Waals surface area contributed by atoms with Crippen molar-refractivity contribution in [2.75, 3.05) is 25.2 Å². The number of hydrogen-bond donors (Lipinski definition) is 0. The summed E-state index contributed by atoms with van der Waals surface area (Å²) in [5, 5.41) is 0. The van der Waals surface area contributed by atoms with Gasteiger partial charge in [-0.1, -0.05) is 12.1 Å². The van der Waals surface area contributed by atoms with Gasteiger partial charge in [-0.25, -0.2) is 0 Å². The van der Waals surface area contributed by atoms with Crippen molar-refractivity contribution < 1.29 is 28.6 Å². The number of hydrogen-bond acceptors (Lipinski definition) is 6. The average molecular weight is 383 g/mol. The second kappa shape index (κ2) is 8.56. The second-order valence-electron chi connectivity index (χ2n) is 6.28. The molecular weight excluding hydrogens is 362 g/mol. The SMILES string of the molecule is COc1ccc(C(=O)[C@@H](C)OC(=O)CCN2C(=O)COc3ccccc32)cc1. The Morgan fingerprint density at radius 1 is 1.14 bits per heavy atom. The molecule has 28 heavy (non-hydrogen) atoms. The fourth-order valence-electron chi connectivity index (χ4n) is 2.90. The van der Waals surface area contributed by atoms with E-state index in [4.69, 9.17) is 14.2 Å². The van der Waals surface area contributed by atoms with Crippen LogP contribution in [0.4, 0.5) is 5.69 Å². The van der Waals surface area contributed by atoms with Gasteiger partial charge in [0.05, 0.1) is 19.2 Å². The summed E-state index contributed by atoms with van der Waals surface area (Å²) in [7, 11) is 1.54. The van der Waals surface area contributed by atoms with Crippen LogP contribution in [-0.4, -0.2) is 44.0 Å². The van der Waals surface area contributed by atoms with E-state index >= 15 is 0 Å². The van der Waals surface area contributed by atoms with Crippen molar-refractivity contribution in [2.24, 2.45) is 0 Å². The fourth-order valence-corrected chi connectivity index (χ4v) is 2.90. The van der Waals surface area contributed by atoms with Gasteiger partial charge >= 0.3 is 5.97 Å². The molecule has 0 spiro atoms. The molecule has 7 heteroatoms. The highest BCUT2D eigenvalue weighted by atomic mass is 16.5. The predicted octanol–water partition coefficient (Wildman–Crippen LogP) is 2.63. The van der Waals surface area contributed by atoms with Crippen LogP contribution in [0.3, 0.4) is 0 Å². The number of esters is 1. The van der Waals surface area contributed by atoms with Crippen molar-refractivity contribution in [3.8, 4) is 11.5 Å². The summed E-state index contributed by atoms with van der Waals surface area (Å²) in [6.07, 6.45) is -0.950. The smallest absolute Gasteiger partial charge is 0.308 e. The van der Waals surface area contributed by atoms with Crippen LogP contribution in [0, 0.1) is 0 Å². The van der Waals surface area contributed by atoms with E-state index in [1.165, 1.54) is 11.8 Å². The lowest BCUT2D eigenvalue weighted by Gasteiger charge is -2.29. The lowest BCUT2D eigenvalue weighted by molar-refractivity contribution is -0.146. The van der Waals surface area contributed by atoms with Gasteiger partial charge in [-0.15, -0.1) is 0 Å². The summed E-state index contributed by atoms with van der Waals surface area (Å²) >= 11 is 0. The maximum Gasteiger partial charge on any atom is 0.308 e. The highest BCUT2D eigenvalue weighted by molar-refractivity contribution is 6.00. The average Bonchev–Trinajstić information content (AvgIpc) is 2.72. The Morgan fingerprint density at radius 3 is 2.57 bits per heavy atom. The highest BCUT2D eigenvalue weighted by Crippen LogP contribution is 2.31. The van der Waals surface area contributed by atoms with Crippen LogP contribution >= 0.6 is 0 Å². The minimum Gasteiger partial charge on any atom is -0.497 e. The lowest BCUT2D eigenvalue weighted by Crippen LogP contribution is -2.40. The molecule has 0 aromatic heterocycles. The summed E-state index contributed by atoms with van der Waals surface area (Å²) in [6, 6.07) is 13.7. The molecule has 146 valence electrons. The van der Waals surface area contributed by atoms with Crippen LogP contribution in [0.1, 0.15) is 23.7 Å². The first kappa shape index (κ1) is 19.4. The molecule has 1 aliphatic heterocycles. The third-order valence-corrected chi connectivity index (χ3v) is 4.40. The van der Waals surface area contributed by atoms with E-state index in [2.05, 4.69) is 0 Å². The van der Waals surface area contributed by atoms with Gasteiger partial charge < -0.3 is 19.1 Å². The molecular formula is C21H21NO6. The largest absolute Gasteiger partial charge is 0.497 e. The summed E-state index contributed by atoms with van der Waals surface area (Å²) in [4.78, 5) is 38.2. The molecule has 1 amide bonds. The van der Waals surface area contributed by atoms with Crippen LogP contribution in [0.25, 0.3) is 0 Å².